The summed E-state index contributed by atoms with van der Waals surface area (Å²) in [5.41, 5.74) is 0.121. The molecule has 2 heterocycles. The lowest BCUT2D eigenvalue weighted by Gasteiger charge is -2.03. The topological polar surface area (TPSA) is 80.0 Å². The number of nitrogens with zero attached hydrogens (tertiary/aromatic N) is 2. The highest BCUT2D eigenvalue weighted by atomic mass is 35.5. The second-order valence-electron chi connectivity index (χ2n) is 4.68. The van der Waals surface area contributed by atoms with E-state index < -0.39 is 11.7 Å². The highest BCUT2D eigenvalue weighted by Gasteiger charge is 2.22. The molecule has 1 saturated heterocycles. The van der Waals surface area contributed by atoms with Crippen molar-refractivity contribution in [3.63, 3.8) is 0 Å². The third kappa shape index (κ3) is 3.03. The van der Waals surface area contributed by atoms with Crippen LogP contribution >= 0.6 is 11.6 Å². The van der Waals surface area contributed by atoms with Gasteiger partial charge in [-0.05, 0) is 37.6 Å². The molecule has 1 atom stereocenters. The Labute approximate surface area is 124 Å². The number of carbonyl (C=O) groups excluding carboxylic acids is 1. The van der Waals surface area contributed by atoms with Crippen molar-refractivity contribution < 1.29 is 13.6 Å². The van der Waals surface area contributed by atoms with Crippen molar-refractivity contribution in [2.45, 2.75) is 18.9 Å². The number of hydrogen-bond donors (Lipinski definition) is 2. The van der Waals surface area contributed by atoms with Gasteiger partial charge in [-0.1, -0.05) is 16.7 Å². The van der Waals surface area contributed by atoms with Crippen LogP contribution in [0.5, 0.6) is 0 Å². The first-order valence-corrected chi connectivity index (χ1v) is 6.84. The molecule has 2 aromatic rings. The Morgan fingerprint density at radius 3 is 3.05 bits per heavy atom. The van der Waals surface area contributed by atoms with Crippen molar-refractivity contribution in [1.29, 1.82) is 0 Å². The third-order valence-electron chi connectivity index (χ3n) is 3.20. The number of halogens is 2. The second kappa shape index (κ2) is 5.79. The van der Waals surface area contributed by atoms with Gasteiger partial charge in [0.15, 0.2) is 0 Å². The van der Waals surface area contributed by atoms with Crippen LogP contribution in [0.4, 0.5) is 10.4 Å². The molecular formula is C13H12ClFN4O2. The van der Waals surface area contributed by atoms with Gasteiger partial charge in [0.25, 0.3) is 5.91 Å². The lowest BCUT2D eigenvalue weighted by atomic mass is 10.2. The number of anilines is 1. The number of carbonyl (C=O) groups is 1. The largest absolute Gasteiger partial charge is 0.406 e. The molecule has 6 nitrogen and oxygen atoms in total. The molecule has 3 rings (SSSR count). The van der Waals surface area contributed by atoms with Crippen LogP contribution in [0.2, 0.25) is 5.02 Å². The van der Waals surface area contributed by atoms with Crippen LogP contribution in [0.15, 0.2) is 22.6 Å². The summed E-state index contributed by atoms with van der Waals surface area (Å²) in [6, 6.07) is 3.78. The number of nitrogens with one attached hydrogen (secondary N) is 2. The predicted octanol–water partition coefficient (Wildman–Crippen LogP) is 2.54. The van der Waals surface area contributed by atoms with E-state index in [-0.39, 0.29) is 22.6 Å². The van der Waals surface area contributed by atoms with Crippen LogP contribution in [0.1, 0.15) is 35.1 Å². The average Bonchev–Trinajstić information content (AvgIpc) is 3.12. The van der Waals surface area contributed by atoms with Gasteiger partial charge in [0, 0.05) is 5.56 Å². The van der Waals surface area contributed by atoms with E-state index in [1.54, 1.807) is 0 Å². The average molecular weight is 311 g/mol. The zero-order valence-electron chi connectivity index (χ0n) is 10.9. The number of hydrogen-bond acceptors (Lipinski definition) is 5. The summed E-state index contributed by atoms with van der Waals surface area (Å²) in [4.78, 5) is 11.9. The van der Waals surface area contributed by atoms with E-state index in [2.05, 4.69) is 20.8 Å². The summed E-state index contributed by atoms with van der Waals surface area (Å²) in [5, 5.41) is 13.2. The van der Waals surface area contributed by atoms with Gasteiger partial charge in [0.05, 0.1) is 11.1 Å². The van der Waals surface area contributed by atoms with E-state index in [0.717, 1.165) is 25.5 Å². The van der Waals surface area contributed by atoms with Crippen LogP contribution in [0.25, 0.3) is 0 Å². The molecule has 21 heavy (non-hydrogen) atoms. The molecule has 0 bridgehead atoms. The molecule has 0 saturated carbocycles. The minimum Gasteiger partial charge on any atom is -0.406 e. The quantitative estimate of drug-likeness (QED) is 0.910. The van der Waals surface area contributed by atoms with E-state index in [1.165, 1.54) is 12.1 Å². The molecule has 2 N–H and O–H groups in total. The summed E-state index contributed by atoms with van der Waals surface area (Å²) < 4.78 is 18.7. The van der Waals surface area contributed by atoms with Crippen molar-refractivity contribution >= 4 is 23.5 Å². The Hall–Kier alpha value is -1.99. The van der Waals surface area contributed by atoms with Crippen molar-refractivity contribution in [2.24, 2.45) is 0 Å². The van der Waals surface area contributed by atoms with Gasteiger partial charge in [-0.3, -0.25) is 10.1 Å². The molecule has 1 aliphatic rings. The maximum Gasteiger partial charge on any atom is 0.322 e. The van der Waals surface area contributed by atoms with Crippen LogP contribution < -0.4 is 10.6 Å². The van der Waals surface area contributed by atoms with Gasteiger partial charge in [0.2, 0.25) is 5.89 Å². The van der Waals surface area contributed by atoms with Crippen LogP contribution in [-0.4, -0.2) is 22.6 Å². The molecule has 1 unspecified atom stereocenters. The van der Waals surface area contributed by atoms with E-state index in [4.69, 9.17) is 16.0 Å². The normalized spacial score (nSPS) is 17.9. The fourth-order valence-electron chi connectivity index (χ4n) is 2.13. The molecule has 1 aliphatic heterocycles. The van der Waals surface area contributed by atoms with Gasteiger partial charge < -0.3 is 9.73 Å². The maximum absolute atomic E-state index is 13.3. The summed E-state index contributed by atoms with van der Waals surface area (Å²) in [5.74, 6) is -0.768. The lowest BCUT2D eigenvalue weighted by Crippen LogP contribution is -2.13. The van der Waals surface area contributed by atoms with Gasteiger partial charge in [0.1, 0.15) is 5.82 Å². The second-order valence-corrected chi connectivity index (χ2v) is 5.08. The molecular weight excluding hydrogens is 299 g/mol. The number of amides is 1. The first-order valence-electron chi connectivity index (χ1n) is 6.46. The van der Waals surface area contributed by atoms with Crippen molar-refractivity contribution in [3.05, 3.63) is 40.5 Å². The van der Waals surface area contributed by atoms with E-state index in [0.29, 0.717) is 5.89 Å². The number of benzene rings is 1. The molecule has 0 radical (unpaired) electrons. The van der Waals surface area contributed by atoms with Crippen molar-refractivity contribution in [1.82, 2.24) is 15.5 Å². The smallest absolute Gasteiger partial charge is 0.322 e. The summed E-state index contributed by atoms with van der Waals surface area (Å²) in [6.07, 6.45) is 1.96. The van der Waals surface area contributed by atoms with E-state index in [9.17, 15) is 9.18 Å². The SMILES string of the molecule is O=C(Nc1nnc(C2CCCN2)o1)c1ccc(Cl)c(F)c1. The van der Waals surface area contributed by atoms with Gasteiger partial charge in [-0.2, -0.15) is 0 Å². The first kappa shape index (κ1) is 14.0. The molecule has 1 aromatic heterocycles. The minimum absolute atomic E-state index is 0.0148. The van der Waals surface area contributed by atoms with Gasteiger partial charge in [-0.15, -0.1) is 5.10 Å². The Morgan fingerprint density at radius 2 is 2.33 bits per heavy atom. The van der Waals surface area contributed by atoms with E-state index in [1.807, 2.05) is 0 Å². The first-order chi connectivity index (χ1) is 10.1. The fourth-order valence-corrected chi connectivity index (χ4v) is 2.25. The Kier molecular flexibility index (Phi) is 3.85. The standard InChI is InChI=1S/C13H12ClFN4O2/c14-8-4-3-7(6-9(8)15)11(20)17-13-19-18-12(21-13)10-2-1-5-16-10/h3-4,6,10,16H,1-2,5H2,(H,17,19,20). The molecule has 0 spiro atoms. The molecule has 1 fully saturated rings. The monoisotopic (exact) mass is 310 g/mol. The van der Waals surface area contributed by atoms with Crippen LogP contribution in [0.3, 0.4) is 0 Å². The van der Waals surface area contributed by atoms with Crippen molar-refractivity contribution in [3.8, 4) is 0 Å². The number of aromatic nitrogens is 2. The fraction of sp³-hybridized carbons (Fsp3) is 0.308. The Balaban J connectivity index is 1.70. The van der Waals surface area contributed by atoms with E-state index >= 15 is 0 Å². The molecule has 8 heteroatoms. The number of rotatable bonds is 3. The molecule has 0 aliphatic carbocycles. The van der Waals surface area contributed by atoms with Crippen LogP contribution in [-0.2, 0) is 0 Å². The molecule has 1 aromatic carbocycles. The summed E-state index contributed by atoms with van der Waals surface area (Å²) in [6.45, 7) is 0.902. The van der Waals surface area contributed by atoms with Crippen LogP contribution in [0, 0.1) is 5.82 Å². The summed E-state index contributed by atoms with van der Waals surface area (Å²) >= 11 is 5.57. The Morgan fingerprint density at radius 1 is 1.48 bits per heavy atom. The minimum atomic E-state index is -0.661. The third-order valence-corrected chi connectivity index (χ3v) is 3.51. The van der Waals surface area contributed by atoms with Crippen molar-refractivity contribution in [2.75, 3.05) is 11.9 Å². The summed E-state index contributed by atoms with van der Waals surface area (Å²) in [7, 11) is 0. The molecule has 110 valence electrons. The zero-order chi connectivity index (χ0) is 14.8. The Bertz CT molecular complexity index is 670. The zero-order valence-corrected chi connectivity index (χ0v) is 11.7. The highest BCUT2D eigenvalue weighted by molar-refractivity contribution is 6.30. The molecule has 1 amide bonds. The highest BCUT2D eigenvalue weighted by Crippen LogP contribution is 2.23. The van der Waals surface area contributed by atoms with Gasteiger partial charge >= 0.3 is 6.01 Å². The predicted molar refractivity (Wildman–Crippen MR) is 73.6 cm³/mol. The van der Waals surface area contributed by atoms with Gasteiger partial charge in [-0.25, -0.2) is 4.39 Å². The lowest BCUT2D eigenvalue weighted by molar-refractivity contribution is 0.102. The maximum atomic E-state index is 13.3.